The Morgan fingerprint density at radius 1 is 0.656 bits per heavy atom. The summed E-state index contributed by atoms with van der Waals surface area (Å²) in [6, 6.07) is -0.551. The van der Waals surface area contributed by atoms with Gasteiger partial charge in [-0.25, -0.2) is 16.8 Å². The first-order valence-electron chi connectivity index (χ1n) is 6.94. The number of hydrogen-bond donors (Lipinski definition) is 1. The molecule has 0 spiro atoms. The number of halogens is 10. The van der Waals surface area contributed by atoms with Crippen LogP contribution in [-0.4, -0.2) is 70.4 Å². The van der Waals surface area contributed by atoms with Crippen LogP contribution in [0.3, 0.4) is 0 Å². The largest absolute Gasteiger partial charge is 0.469 e. The van der Waals surface area contributed by atoms with Gasteiger partial charge in [0.15, 0.2) is 0 Å². The van der Waals surface area contributed by atoms with Crippen molar-refractivity contribution in [3.05, 3.63) is 23.3 Å². The van der Waals surface area contributed by atoms with Gasteiger partial charge in [-0.1, -0.05) is 0 Å². The molecular formula is C12H3F10LiNO6S2. The zero-order chi connectivity index (χ0) is 24.6. The quantitative estimate of drug-likeness (QED) is 0.371. The minimum Gasteiger partial charge on any atom is -0.288 e. The molecule has 1 N–H and O–H groups in total. The van der Waals surface area contributed by atoms with E-state index in [0.717, 1.165) is 5.32 Å². The van der Waals surface area contributed by atoms with Crippen molar-refractivity contribution in [2.75, 3.05) is 0 Å². The van der Waals surface area contributed by atoms with Crippen molar-refractivity contribution >= 4 is 50.3 Å². The van der Waals surface area contributed by atoms with E-state index in [9.17, 15) is 70.3 Å². The molecule has 0 bridgehead atoms. The summed E-state index contributed by atoms with van der Waals surface area (Å²) >= 11 is 0. The third kappa shape index (κ3) is 3.68. The number of nitrogens with one attached hydrogen (secondary N) is 1. The van der Waals surface area contributed by atoms with Crippen molar-refractivity contribution in [2.24, 2.45) is 0 Å². The zero-order valence-corrected chi connectivity index (χ0v) is 16.3. The first-order valence-corrected chi connectivity index (χ1v) is 9.91. The SMILES string of the molecule is O=C1NC(=O)c2c1ccc(S(=O)(=O)C(F)(F)C(F)(F)F)c2S(=O)(=O)C(F)(F)C(F)(F)F.[Li]. The van der Waals surface area contributed by atoms with Crippen LogP contribution < -0.4 is 5.32 Å². The molecule has 0 fully saturated rings. The normalized spacial score (nSPS) is 15.8. The summed E-state index contributed by atoms with van der Waals surface area (Å²) in [4.78, 5) is 17.3. The average molecular weight is 518 g/mol. The van der Waals surface area contributed by atoms with E-state index in [1.165, 1.54) is 0 Å². The molecule has 1 aliphatic rings. The van der Waals surface area contributed by atoms with Gasteiger partial charge < -0.3 is 0 Å². The van der Waals surface area contributed by atoms with E-state index in [4.69, 9.17) is 0 Å². The van der Waals surface area contributed by atoms with E-state index < -0.39 is 81.3 Å². The van der Waals surface area contributed by atoms with E-state index >= 15 is 0 Å². The van der Waals surface area contributed by atoms with Crippen LogP contribution >= 0.6 is 0 Å². The maximum Gasteiger partial charge on any atom is 0.469 e. The smallest absolute Gasteiger partial charge is 0.288 e. The third-order valence-electron chi connectivity index (χ3n) is 3.71. The molecule has 2 rings (SSSR count). The molecule has 7 nitrogen and oxygen atoms in total. The molecule has 175 valence electrons. The Hall–Kier alpha value is -1.84. The van der Waals surface area contributed by atoms with Gasteiger partial charge in [0.2, 0.25) is 0 Å². The first kappa shape index (κ1) is 28.2. The van der Waals surface area contributed by atoms with Crippen LogP contribution in [0.2, 0.25) is 0 Å². The van der Waals surface area contributed by atoms with Gasteiger partial charge in [0.25, 0.3) is 31.5 Å². The van der Waals surface area contributed by atoms with Crippen molar-refractivity contribution in [1.82, 2.24) is 5.32 Å². The number of sulfone groups is 2. The first-order chi connectivity index (χ1) is 13.5. The Balaban J connectivity index is 0.00000512. The van der Waals surface area contributed by atoms with E-state index in [0.29, 0.717) is 0 Å². The van der Waals surface area contributed by atoms with Gasteiger partial charge in [-0.2, -0.15) is 43.9 Å². The van der Waals surface area contributed by atoms with Gasteiger partial charge >= 0.3 is 22.9 Å². The minimum atomic E-state index is -7.55. The standard InChI is InChI=1S/C12H3F10NO6S2.Li/c13-9(14,15)11(19,20)30(26,27)4-2-1-3-5(8(25)23-7(3)24)6(4)31(28,29)12(21,22)10(16,17)18;/h1-2H,(H,23,24,25);. The maximum absolute atomic E-state index is 13.7. The number of carbonyl (C=O) groups is 2. The van der Waals surface area contributed by atoms with Crippen LogP contribution in [0.4, 0.5) is 43.9 Å². The van der Waals surface area contributed by atoms with Crippen molar-refractivity contribution in [1.29, 1.82) is 0 Å². The summed E-state index contributed by atoms with van der Waals surface area (Å²) in [5.41, 5.74) is -3.44. The fourth-order valence-electron chi connectivity index (χ4n) is 2.26. The number of carbonyl (C=O) groups excluding carboxylic acids is 2. The molecule has 1 aliphatic heterocycles. The van der Waals surface area contributed by atoms with Crippen LogP contribution in [0.25, 0.3) is 0 Å². The molecule has 0 atom stereocenters. The van der Waals surface area contributed by atoms with Gasteiger partial charge in [-0.05, 0) is 12.1 Å². The van der Waals surface area contributed by atoms with Crippen molar-refractivity contribution in [3.63, 3.8) is 0 Å². The molecule has 1 aromatic rings. The number of rotatable bonds is 4. The van der Waals surface area contributed by atoms with E-state index in [1.54, 1.807) is 0 Å². The molecule has 0 saturated carbocycles. The van der Waals surface area contributed by atoms with Gasteiger partial charge in [-0.3, -0.25) is 14.9 Å². The molecule has 0 aliphatic carbocycles. The van der Waals surface area contributed by atoms with Crippen LogP contribution in [0.15, 0.2) is 21.9 Å². The minimum absolute atomic E-state index is 0. The molecule has 1 aromatic carbocycles. The van der Waals surface area contributed by atoms with Crippen LogP contribution in [0, 0.1) is 0 Å². The Morgan fingerprint density at radius 3 is 1.47 bits per heavy atom. The summed E-state index contributed by atoms with van der Waals surface area (Å²) in [6.07, 6.45) is -14.0. The van der Waals surface area contributed by atoms with Crippen molar-refractivity contribution in [3.8, 4) is 0 Å². The fourth-order valence-corrected chi connectivity index (χ4v) is 5.46. The third-order valence-corrected chi connectivity index (χ3v) is 7.54. The summed E-state index contributed by atoms with van der Waals surface area (Å²) in [7, 11) is -15.0. The van der Waals surface area contributed by atoms with Crippen LogP contribution in [0.5, 0.6) is 0 Å². The molecule has 20 heteroatoms. The summed E-state index contributed by atoms with van der Waals surface area (Å²) in [5, 5.41) is -12.7. The van der Waals surface area contributed by atoms with Crippen molar-refractivity contribution in [2.45, 2.75) is 32.7 Å². The number of alkyl halides is 10. The number of fused-ring (bicyclic) bond motifs is 1. The molecule has 32 heavy (non-hydrogen) atoms. The van der Waals surface area contributed by atoms with Gasteiger partial charge in [-0.15, -0.1) is 0 Å². The Kier molecular flexibility index (Phi) is 6.69. The Bertz CT molecular complexity index is 1200. The Morgan fingerprint density at radius 2 is 1.06 bits per heavy atom. The van der Waals surface area contributed by atoms with Crippen LogP contribution in [-0.2, 0) is 19.7 Å². The van der Waals surface area contributed by atoms with Crippen LogP contribution in [0.1, 0.15) is 20.7 Å². The van der Waals surface area contributed by atoms with E-state index in [1.807, 2.05) is 0 Å². The molecule has 0 unspecified atom stereocenters. The summed E-state index contributed by atoms with van der Waals surface area (Å²) in [6.45, 7) is 0. The number of benzene rings is 1. The zero-order valence-electron chi connectivity index (χ0n) is 14.7. The maximum atomic E-state index is 13.7. The average Bonchev–Trinajstić information content (AvgIpc) is 2.86. The van der Waals surface area contributed by atoms with Gasteiger partial charge in [0.05, 0.1) is 16.0 Å². The predicted molar refractivity (Wildman–Crippen MR) is 80.4 cm³/mol. The predicted octanol–water partition coefficient (Wildman–Crippen LogP) is 2.05. The van der Waals surface area contributed by atoms with Gasteiger partial charge in [0.1, 0.15) is 4.90 Å². The fraction of sp³-hybridized carbons (Fsp3) is 0.333. The second-order valence-corrected chi connectivity index (χ2v) is 9.52. The molecular weight excluding hydrogens is 515 g/mol. The molecule has 2 amide bonds. The molecule has 1 radical (unpaired) electrons. The summed E-state index contributed by atoms with van der Waals surface area (Å²) in [5.74, 6) is -3.82. The monoisotopic (exact) mass is 518 g/mol. The second kappa shape index (κ2) is 7.60. The Labute approximate surface area is 182 Å². The molecule has 0 aromatic heterocycles. The number of hydrogen-bond acceptors (Lipinski definition) is 6. The topological polar surface area (TPSA) is 114 Å². The summed E-state index contributed by atoms with van der Waals surface area (Å²) < 4.78 is 178. The van der Waals surface area contributed by atoms with Crippen molar-refractivity contribution < 1.29 is 70.3 Å². The van der Waals surface area contributed by atoms with E-state index in [-0.39, 0.29) is 24.9 Å². The van der Waals surface area contributed by atoms with Gasteiger partial charge in [0, 0.05) is 18.9 Å². The second-order valence-electron chi connectivity index (χ2n) is 5.63. The number of amides is 2. The number of imide groups is 1. The van der Waals surface area contributed by atoms with E-state index in [2.05, 4.69) is 0 Å². The molecule has 1 heterocycles. The molecule has 0 saturated heterocycles.